The van der Waals surface area contributed by atoms with E-state index in [1.54, 1.807) is 88.5 Å². The molecule has 7 N–H and O–H groups in total. The summed E-state index contributed by atoms with van der Waals surface area (Å²) in [5.74, 6) is -3.43. The number of aryl methyl sites for hydroxylation is 5. The fourth-order valence-corrected chi connectivity index (χ4v) is 9.22. The van der Waals surface area contributed by atoms with Gasteiger partial charge in [-0.1, -0.05) is 54.1 Å². The number of H-pyrrole nitrogens is 6. The first-order valence-corrected chi connectivity index (χ1v) is 32.4. The smallest absolute Gasteiger partial charge is 0.550 e. The van der Waals surface area contributed by atoms with Crippen LogP contribution in [-0.2, 0) is 88.1 Å². The van der Waals surface area contributed by atoms with Crippen molar-refractivity contribution in [1.29, 1.82) is 0 Å². The molecular formula is C66H66N20Na6O20S. The van der Waals surface area contributed by atoms with E-state index in [4.69, 9.17) is 18.4 Å². The third kappa shape index (κ3) is 36.6. The van der Waals surface area contributed by atoms with E-state index >= 15 is 0 Å². The molecule has 0 bridgehead atoms. The summed E-state index contributed by atoms with van der Waals surface area (Å²) in [4.78, 5) is 108. The van der Waals surface area contributed by atoms with Crippen LogP contribution in [0.4, 0.5) is 11.4 Å². The molecule has 2 unspecified atom stereocenters. The Morgan fingerprint density at radius 2 is 0.885 bits per heavy atom. The molecule has 0 fully saturated rings. The van der Waals surface area contributed by atoms with Gasteiger partial charge in [-0.15, -0.1) is 0 Å². The molecular weight excluding hydrogens is 1560 g/mol. The largest absolute Gasteiger partial charge is 1.00 e. The van der Waals surface area contributed by atoms with Gasteiger partial charge in [-0.05, 0) is 108 Å². The van der Waals surface area contributed by atoms with Gasteiger partial charge in [0.05, 0.1) is 43.3 Å². The maximum absolute atomic E-state index is 12.5. The number of aromatic nitrogens is 18. The van der Waals surface area contributed by atoms with Crippen LogP contribution < -0.4 is 226 Å². The van der Waals surface area contributed by atoms with Gasteiger partial charge in [0.15, 0.2) is 34.9 Å². The Morgan fingerprint density at radius 1 is 0.469 bits per heavy atom. The van der Waals surface area contributed by atoms with Gasteiger partial charge in [0.2, 0.25) is 0 Å². The number of esters is 1. The minimum atomic E-state index is -1.88. The molecule has 113 heavy (non-hydrogen) atoms. The molecule has 0 saturated carbocycles. The molecule has 40 nitrogen and oxygen atoms in total. The summed E-state index contributed by atoms with van der Waals surface area (Å²) in [5.41, 5.74) is 6.53. The number of hydrogen-bond acceptors (Lipinski definition) is 32. The number of anilines is 1. The molecule has 6 heterocycles. The molecule has 0 aliphatic heterocycles. The number of carbonyl (C=O) groups excluding carboxylic acids is 7. The van der Waals surface area contributed by atoms with E-state index in [0.717, 1.165) is 33.6 Å². The van der Waals surface area contributed by atoms with E-state index in [1.165, 1.54) is 20.1 Å². The summed E-state index contributed by atoms with van der Waals surface area (Å²) in [6, 6.07) is 30.0. The van der Waals surface area contributed by atoms with E-state index in [9.17, 15) is 78.5 Å². The molecule has 562 valence electrons. The number of benzene rings is 5. The molecule has 0 radical (unpaired) electrons. The molecule has 2 atom stereocenters. The Balaban J connectivity index is 0.00000135. The van der Waals surface area contributed by atoms with Crippen LogP contribution in [0.25, 0.3) is 45.6 Å². The van der Waals surface area contributed by atoms with Crippen molar-refractivity contribution in [3.8, 4) is 62.8 Å². The second-order valence-electron chi connectivity index (χ2n) is 22.1. The predicted octanol–water partition coefficient (Wildman–Crippen LogP) is -19.5. The Kier molecular flexibility index (Phi) is 49.4. The number of methoxy groups -OCH3 is 2. The van der Waals surface area contributed by atoms with Crippen molar-refractivity contribution in [2.75, 3.05) is 25.5 Å². The number of nitro benzene ring substituents is 1. The van der Waals surface area contributed by atoms with Gasteiger partial charge in [0.1, 0.15) is 58.6 Å². The van der Waals surface area contributed by atoms with E-state index in [0.29, 0.717) is 57.2 Å². The minimum Gasteiger partial charge on any atom is -0.550 e. The number of carbonyl (C=O) groups is 7. The standard InChI is InChI=1S/C19H20N4O5S.C11H10N4O4.C11H11N3O3.C11H11N3O2.C9H13N3O4.C5H7N3O2.6Na/c1-11-4-5-12(2)16(8-11)28-29(26)23-14-9-13(6-7-15(14)27-3)19-20-17(21-22-19)10-18(24)25;1-6-2-3-7(4-8(6)15(18)19)11-12-9(13-14-11)5-10(16)17;1-17-8-4-2-7(3-5-8)11-12-9(13-14-11)6-10(15)16;1-7-2-4-8(5-3-7)11-12-9(13-14-11)6-10(15)16;1-3-16-7(13)4-6-10-8(12-11-6)5(2)9(14)15;1-3-6-4(8-7-3)2-5(9)10;;;;;;/h4-9,23H,10H2,1-3H3,(H,24,25)(H,20,21,22);2-4H,5H2,1H3,(H,16,17)(H,12,13,14);2-5H,6H2,1H3,(H,15,16)(H,12,13,14);2-5H,6H2,1H3,(H,15,16)(H,12,13,14);5H,3-4H2,1-2H3,(H,14,15)(H,10,11,12);2H2,1H3,(H,9,10)(H,6,7,8);;;;;;/q;;;;;;6*+1/p-6. The maximum atomic E-state index is 12.5. The average Bonchev–Trinajstić information content (AvgIpc) is 1.79. The summed E-state index contributed by atoms with van der Waals surface area (Å²) in [6.07, 6.45) is -1.57. The van der Waals surface area contributed by atoms with Gasteiger partial charge in [-0.2, -0.15) is 34.8 Å². The van der Waals surface area contributed by atoms with Crippen molar-refractivity contribution in [3.05, 3.63) is 182 Å². The number of hydrogen-bond donors (Lipinski definition) is 7. The zero-order valence-electron chi connectivity index (χ0n) is 64.2. The third-order valence-electron chi connectivity index (χ3n) is 13.7. The summed E-state index contributed by atoms with van der Waals surface area (Å²) in [6.45, 7) is 12.5. The van der Waals surface area contributed by atoms with Crippen molar-refractivity contribution in [3.63, 3.8) is 0 Å². The molecule has 0 aliphatic rings. The molecule has 0 saturated heterocycles. The number of nitro groups is 1. The minimum absolute atomic E-state index is 0. The average molecular weight is 1630 g/mol. The first kappa shape index (κ1) is 105. The monoisotopic (exact) mass is 1630 g/mol. The zero-order valence-corrected chi connectivity index (χ0v) is 77.0. The molecule has 6 aromatic heterocycles. The van der Waals surface area contributed by atoms with Crippen LogP contribution in [-0.4, -0.2) is 163 Å². The summed E-state index contributed by atoms with van der Waals surface area (Å²) >= 11 is -1.88. The second-order valence-corrected chi connectivity index (χ2v) is 23.0. The predicted molar refractivity (Wildman–Crippen MR) is 360 cm³/mol. The number of carboxylic acid groups (broad SMARTS) is 6. The number of aliphatic carboxylic acids is 6. The molecule has 0 spiro atoms. The Bertz CT molecular complexity index is 4910. The summed E-state index contributed by atoms with van der Waals surface area (Å²) < 4.78 is 35.8. The van der Waals surface area contributed by atoms with E-state index in [2.05, 4.69) is 95.8 Å². The van der Waals surface area contributed by atoms with Gasteiger partial charge in [0.25, 0.3) is 5.69 Å². The fourth-order valence-electron chi connectivity index (χ4n) is 8.50. The van der Waals surface area contributed by atoms with Crippen molar-refractivity contribution in [2.24, 2.45) is 0 Å². The number of ether oxygens (including phenoxy) is 3. The molecule has 11 rings (SSSR count). The first-order chi connectivity index (χ1) is 50.9. The quantitative estimate of drug-likeness (QED) is 0.0115. The van der Waals surface area contributed by atoms with Crippen LogP contribution in [0.2, 0.25) is 0 Å². The van der Waals surface area contributed by atoms with Gasteiger partial charge in [0, 0.05) is 95.8 Å². The normalized spacial score (nSPS) is 10.3. The van der Waals surface area contributed by atoms with E-state index in [1.807, 2.05) is 57.2 Å². The second kappa shape index (κ2) is 53.2. The van der Waals surface area contributed by atoms with Crippen molar-refractivity contribution < 1.29 is 269 Å². The number of aromatic amines is 6. The van der Waals surface area contributed by atoms with Gasteiger partial charge < -0.3 is 77.8 Å². The molecule has 5 aromatic carbocycles. The van der Waals surface area contributed by atoms with Crippen LogP contribution in [0.3, 0.4) is 0 Å². The van der Waals surface area contributed by atoms with Gasteiger partial charge in [-0.3, -0.25) is 50.2 Å². The molecule has 0 amide bonds. The van der Waals surface area contributed by atoms with Crippen LogP contribution in [0.15, 0.2) is 103 Å². The van der Waals surface area contributed by atoms with Crippen LogP contribution in [0, 0.1) is 44.7 Å². The molecule has 47 heteroatoms. The van der Waals surface area contributed by atoms with E-state index < -0.39 is 63.9 Å². The number of nitrogens with zero attached hydrogens (tertiary/aromatic N) is 13. The fraction of sp³-hybridized carbons (Fsp3) is 0.258. The van der Waals surface area contributed by atoms with Gasteiger partial charge >= 0.3 is 195 Å². The topological polar surface area (TPSA) is 616 Å². The van der Waals surface area contributed by atoms with Crippen molar-refractivity contribution in [1.82, 2.24) is 91.1 Å². The van der Waals surface area contributed by atoms with Crippen LogP contribution in [0.5, 0.6) is 17.2 Å². The number of rotatable bonds is 26. The van der Waals surface area contributed by atoms with Crippen LogP contribution in [0.1, 0.15) is 88.6 Å². The Hall–Kier alpha value is -8.02. The van der Waals surface area contributed by atoms with Crippen molar-refractivity contribution >= 4 is 64.4 Å². The third-order valence-corrected chi connectivity index (χ3v) is 14.4. The molecule has 11 aromatic rings. The zero-order chi connectivity index (χ0) is 78.4. The summed E-state index contributed by atoms with van der Waals surface area (Å²) in [7, 11) is 3.07. The maximum Gasteiger partial charge on any atom is 1.00 e. The Morgan fingerprint density at radius 3 is 1.31 bits per heavy atom. The first-order valence-electron chi connectivity index (χ1n) is 31.3. The number of carboxylic acids is 6. The van der Waals surface area contributed by atoms with Crippen LogP contribution >= 0.6 is 0 Å². The van der Waals surface area contributed by atoms with Gasteiger partial charge in [-0.25, -0.2) is 29.9 Å². The SMILES string of the molecule is CCOC(=O)Cc1nc(C(C)C(=O)[O-])n[nH]1.COc1ccc(-c2n[nH]c(CC(=O)[O-])n2)cc1.COc1ccc(-c2n[nH]c(CC(=O)[O-])n2)cc1NS(=O)Oc1cc(C)ccc1C.Cc1ccc(-c2n[nH]c(CC(=O)[O-])n2)cc1.Cc1ccc(-c2n[nH]c(CC(=O)[O-])n2)cc1[N+](=O)[O-].Cc1nc(CC(=O)[O-])n[nH]1.[Na+].[Na+].[Na+].[Na+].[Na+].[Na+]. The Labute approximate surface area is 778 Å². The summed E-state index contributed by atoms with van der Waals surface area (Å²) in [5, 5.41) is 111. The van der Waals surface area contributed by atoms with Crippen molar-refractivity contribution in [2.45, 2.75) is 92.9 Å². The molecule has 0 aliphatic carbocycles. The van der Waals surface area contributed by atoms with E-state index in [-0.39, 0.29) is 275 Å². The number of nitrogens with one attached hydrogen (secondary N) is 7.